The van der Waals surface area contributed by atoms with Crippen LogP contribution in [0.15, 0.2) is 18.3 Å². The minimum atomic E-state index is -4.53. The molecule has 0 aliphatic carbocycles. The minimum Gasteiger partial charge on any atom is -0.444 e. The predicted octanol–water partition coefficient (Wildman–Crippen LogP) is 4.29. The summed E-state index contributed by atoms with van der Waals surface area (Å²) in [5, 5.41) is 2.18. The number of hydrogen-bond donors (Lipinski definition) is 1. The lowest BCUT2D eigenvalue weighted by Crippen LogP contribution is -2.37. The van der Waals surface area contributed by atoms with Gasteiger partial charge in [0.1, 0.15) is 18.0 Å². The molecule has 3 aromatic heterocycles. The first-order valence-corrected chi connectivity index (χ1v) is 11.1. The van der Waals surface area contributed by atoms with E-state index in [0.29, 0.717) is 37.7 Å². The maximum Gasteiger partial charge on any atom is 0.413 e. The van der Waals surface area contributed by atoms with Crippen molar-refractivity contribution < 1.29 is 27.4 Å². The van der Waals surface area contributed by atoms with Crippen molar-refractivity contribution in [3.05, 3.63) is 23.6 Å². The summed E-state index contributed by atoms with van der Waals surface area (Å²) in [5.74, 6) is 0.713. The highest BCUT2D eigenvalue weighted by Gasteiger charge is 2.32. The van der Waals surface area contributed by atoms with Gasteiger partial charge in [-0.15, -0.1) is 0 Å². The van der Waals surface area contributed by atoms with Crippen molar-refractivity contribution in [1.29, 1.82) is 0 Å². The van der Waals surface area contributed by atoms with Gasteiger partial charge in [0.15, 0.2) is 22.8 Å². The van der Waals surface area contributed by atoms with Crippen LogP contribution in [-0.2, 0) is 16.0 Å². The normalized spacial score (nSPS) is 14.9. The van der Waals surface area contributed by atoms with Gasteiger partial charge in [0.05, 0.1) is 13.2 Å². The fourth-order valence-electron chi connectivity index (χ4n) is 3.41. The topological polar surface area (TPSA) is 107 Å². The van der Waals surface area contributed by atoms with E-state index in [4.69, 9.17) is 21.1 Å². The maximum atomic E-state index is 13.2. The molecule has 10 nitrogen and oxygen atoms in total. The molecule has 0 atom stereocenters. The summed E-state index contributed by atoms with van der Waals surface area (Å²) in [6, 6.07) is 3.11. The molecule has 14 heteroatoms. The molecule has 1 saturated heterocycles. The van der Waals surface area contributed by atoms with E-state index in [9.17, 15) is 18.0 Å². The number of amides is 1. The van der Waals surface area contributed by atoms with Crippen LogP contribution in [0.25, 0.3) is 22.6 Å². The van der Waals surface area contributed by atoms with Gasteiger partial charge >= 0.3 is 12.3 Å². The molecule has 0 aromatic carbocycles. The Labute approximate surface area is 203 Å². The number of fused-ring (bicyclic) bond motifs is 1. The van der Waals surface area contributed by atoms with E-state index >= 15 is 0 Å². The van der Waals surface area contributed by atoms with Crippen molar-refractivity contribution in [3.8, 4) is 11.4 Å². The number of morpholine rings is 1. The number of halogens is 4. The van der Waals surface area contributed by atoms with Gasteiger partial charge in [-0.1, -0.05) is 0 Å². The van der Waals surface area contributed by atoms with E-state index in [1.807, 2.05) is 4.90 Å². The largest absolute Gasteiger partial charge is 0.444 e. The van der Waals surface area contributed by atoms with Gasteiger partial charge in [-0.25, -0.2) is 24.7 Å². The van der Waals surface area contributed by atoms with E-state index in [2.05, 4.69) is 25.3 Å². The molecule has 4 rings (SSSR count). The summed E-state index contributed by atoms with van der Waals surface area (Å²) in [6.07, 6.45) is -3.79. The number of anilines is 2. The van der Waals surface area contributed by atoms with Crippen LogP contribution in [0.1, 0.15) is 20.8 Å². The number of carbonyl (C=O) groups excluding carboxylic acids is 1. The fraction of sp³-hybridized carbons (Fsp3) is 0.476. The predicted molar refractivity (Wildman–Crippen MR) is 123 cm³/mol. The van der Waals surface area contributed by atoms with E-state index in [0.717, 1.165) is 4.57 Å². The third-order valence-corrected chi connectivity index (χ3v) is 5.12. The molecule has 1 amide bonds. The number of imidazole rings is 1. The lowest BCUT2D eigenvalue weighted by atomic mass is 10.2. The number of ether oxygens (including phenoxy) is 2. The highest BCUT2D eigenvalue weighted by Crippen LogP contribution is 2.32. The van der Waals surface area contributed by atoms with E-state index < -0.39 is 24.4 Å². The Morgan fingerprint density at radius 2 is 1.89 bits per heavy atom. The maximum absolute atomic E-state index is 13.2. The highest BCUT2D eigenvalue weighted by atomic mass is 35.5. The van der Waals surface area contributed by atoms with Crippen LogP contribution in [0.3, 0.4) is 0 Å². The average molecular weight is 514 g/mol. The SMILES string of the molecule is CC(C)(C)OC(=O)Nc1ccc(-c2nc(N3CCOCC3)c3nc(Cl)n(CC(F)(F)F)c3n2)cn1. The van der Waals surface area contributed by atoms with Crippen molar-refractivity contribution in [2.75, 3.05) is 36.5 Å². The third kappa shape index (κ3) is 6.09. The standard InChI is InChI=1S/C21H23ClF3N7O3/c1-20(2,3)35-19(33)27-13-5-4-12(10-26-13)15-29-16(31-6-8-34-9-7-31)14-17(30-15)32(18(22)28-14)11-21(23,24)25/h4-5,10H,6-9,11H2,1-3H3,(H,26,27,33). The number of rotatable bonds is 4. The van der Waals surface area contributed by atoms with Crippen LogP contribution in [-0.4, -0.2) is 68.7 Å². The molecule has 1 aliphatic heterocycles. The molecular formula is C21H23ClF3N7O3. The lowest BCUT2D eigenvalue weighted by molar-refractivity contribution is -0.140. The monoisotopic (exact) mass is 513 g/mol. The molecule has 4 heterocycles. The fourth-order valence-corrected chi connectivity index (χ4v) is 3.64. The van der Waals surface area contributed by atoms with Crippen LogP contribution >= 0.6 is 11.6 Å². The Kier molecular flexibility index (Phi) is 6.73. The van der Waals surface area contributed by atoms with Gasteiger partial charge < -0.3 is 14.4 Å². The summed E-state index contributed by atoms with van der Waals surface area (Å²) in [5.41, 5.74) is -0.132. The highest BCUT2D eigenvalue weighted by molar-refractivity contribution is 6.29. The minimum absolute atomic E-state index is 0.0465. The van der Waals surface area contributed by atoms with Gasteiger partial charge in [-0.05, 0) is 44.5 Å². The van der Waals surface area contributed by atoms with Crippen molar-refractivity contribution in [2.45, 2.75) is 39.1 Å². The van der Waals surface area contributed by atoms with Crippen molar-refractivity contribution in [3.63, 3.8) is 0 Å². The summed E-state index contributed by atoms with van der Waals surface area (Å²) in [7, 11) is 0. The number of hydrogen-bond acceptors (Lipinski definition) is 8. The molecule has 0 saturated carbocycles. The Hall–Kier alpha value is -3.19. The molecule has 0 radical (unpaired) electrons. The van der Waals surface area contributed by atoms with Crippen LogP contribution in [0.5, 0.6) is 0 Å². The number of nitrogens with zero attached hydrogens (tertiary/aromatic N) is 6. The first-order chi connectivity index (χ1) is 16.4. The van der Waals surface area contributed by atoms with Crippen LogP contribution < -0.4 is 10.2 Å². The van der Waals surface area contributed by atoms with Gasteiger partial charge in [0.25, 0.3) is 0 Å². The van der Waals surface area contributed by atoms with Crippen LogP contribution in [0.2, 0.25) is 5.28 Å². The smallest absolute Gasteiger partial charge is 0.413 e. The first-order valence-electron chi connectivity index (χ1n) is 10.7. The third-order valence-electron chi connectivity index (χ3n) is 4.83. The lowest BCUT2D eigenvalue weighted by Gasteiger charge is -2.28. The quantitative estimate of drug-likeness (QED) is 0.515. The summed E-state index contributed by atoms with van der Waals surface area (Å²) >= 11 is 6.07. The second kappa shape index (κ2) is 9.46. The number of nitrogens with one attached hydrogen (secondary N) is 1. The van der Waals surface area contributed by atoms with Crippen LogP contribution in [0, 0.1) is 0 Å². The van der Waals surface area contributed by atoms with Gasteiger partial charge in [-0.2, -0.15) is 13.2 Å². The zero-order valence-electron chi connectivity index (χ0n) is 19.2. The number of pyridine rings is 1. The number of carbonyl (C=O) groups is 1. The summed E-state index contributed by atoms with van der Waals surface area (Å²) < 4.78 is 51.1. The Bertz CT molecular complexity index is 1220. The molecule has 1 fully saturated rings. The number of alkyl halides is 3. The van der Waals surface area contributed by atoms with Crippen molar-refractivity contribution >= 4 is 40.5 Å². The van der Waals surface area contributed by atoms with E-state index in [1.165, 1.54) is 12.3 Å². The molecular weight excluding hydrogens is 491 g/mol. The zero-order valence-corrected chi connectivity index (χ0v) is 19.9. The molecule has 0 bridgehead atoms. The molecule has 0 unspecified atom stereocenters. The van der Waals surface area contributed by atoms with Gasteiger partial charge in [-0.3, -0.25) is 9.88 Å². The van der Waals surface area contributed by atoms with Gasteiger partial charge in [0, 0.05) is 24.8 Å². The second-order valence-electron chi connectivity index (χ2n) is 8.78. The number of aromatic nitrogens is 5. The van der Waals surface area contributed by atoms with E-state index in [-0.39, 0.29) is 28.1 Å². The molecule has 1 N–H and O–H groups in total. The Balaban J connectivity index is 1.72. The second-order valence-corrected chi connectivity index (χ2v) is 9.12. The van der Waals surface area contributed by atoms with E-state index in [1.54, 1.807) is 26.8 Å². The molecule has 1 aliphatic rings. The molecule has 3 aromatic rings. The first kappa shape index (κ1) is 24.9. The molecule has 0 spiro atoms. The summed E-state index contributed by atoms with van der Waals surface area (Å²) in [4.78, 5) is 31.1. The molecule has 188 valence electrons. The Morgan fingerprint density at radius 3 is 2.49 bits per heavy atom. The summed E-state index contributed by atoms with van der Waals surface area (Å²) in [6.45, 7) is 5.68. The average Bonchev–Trinajstić information content (AvgIpc) is 3.06. The molecule has 35 heavy (non-hydrogen) atoms. The van der Waals surface area contributed by atoms with Gasteiger partial charge in [0.2, 0.25) is 5.28 Å². The zero-order chi connectivity index (χ0) is 25.4. The van der Waals surface area contributed by atoms with Crippen molar-refractivity contribution in [2.24, 2.45) is 0 Å². The van der Waals surface area contributed by atoms with Crippen molar-refractivity contribution in [1.82, 2.24) is 24.5 Å². The van der Waals surface area contributed by atoms with Crippen LogP contribution in [0.4, 0.5) is 29.6 Å². The Morgan fingerprint density at radius 1 is 1.17 bits per heavy atom.